The van der Waals surface area contributed by atoms with E-state index >= 15 is 0 Å². The number of aliphatic hydroxyl groups excluding tert-OH is 1. The molecule has 17 heavy (non-hydrogen) atoms. The molecule has 0 aromatic heterocycles. The molecule has 1 aliphatic rings. The molecule has 0 aliphatic heterocycles. The van der Waals surface area contributed by atoms with Crippen molar-refractivity contribution in [3.8, 4) is 0 Å². The maximum absolute atomic E-state index is 10.4. The molecular formula is C14H18Cl2O. The fraction of sp³-hybridized carbons (Fsp3) is 0.571. The summed E-state index contributed by atoms with van der Waals surface area (Å²) in [5, 5.41) is 11.5. The fourth-order valence-electron chi connectivity index (χ4n) is 2.60. The molecule has 3 heteroatoms. The van der Waals surface area contributed by atoms with Crippen LogP contribution in [-0.2, 0) is 0 Å². The third-order valence-corrected chi connectivity index (χ3v) is 4.37. The minimum absolute atomic E-state index is 0.370. The van der Waals surface area contributed by atoms with Crippen LogP contribution in [0, 0.1) is 5.92 Å². The molecule has 0 bridgehead atoms. The molecule has 1 fully saturated rings. The SMILES string of the molecule is OC(c1ccc(Cl)c(Cl)c1)C1CCCCCC1. The van der Waals surface area contributed by atoms with Crippen LogP contribution in [0.25, 0.3) is 0 Å². The van der Waals surface area contributed by atoms with Crippen molar-refractivity contribution in [3.63, 3.8) is 0 Å². The Balaban J connectivity index is 2.11. The van der Waals surface area contributed by atoms with Gasteiger partial charge in [-0.15, -0.1) is 0 Å². The Morgan fingerprint density at radius 3 is 2.24 bits per heavy atom. The maximum Gasteiger partial charge on any atom is 0.0818 e. The van der Waals surface area contributed by atoms with Crippen LogP contribution < -0.4 is 0 Å². The van der Waals surface area contributed by atoms with Gasteiger partial charge in [0.25, 0.3) is 0 Å². The van der Waals surface area contributed by atoms with Crippen LogP contribution in [0.3, 0.4) is 0 Å². The third kappa shape index (κ3) is 3.37. The molecule has 2 rings (SSSR count). The first-order valence-corrected chi connectivity index (χ1v) is 7.07. The molecule has 1 unspecified atom stereocenters. The van der Waals surface area contributed by atoms with Gasteiger partial charge >= 0.3 is 0 Å². The van der Waals surface area contributed by atoms with Gasteiger partial charge in [0, 0.05) is 0 Å². The Bertz CT molecular complexity index is 370. The molecule has 1 atom stereocenters. The van der Waals surface area contributed by atoms with Crippen molar-refractivity contribution in [2.24, 2.45) is 5.92 Å². The highest BCUT2D eigenvalue weighted by atomic mass is 35.5. The van der Waals surface area contributed by atoms with Crippen LogP contribution in [0.5, 0.6) is 0 Å². The van der Waals surface area contributed by atoms with E-state index in [9.17, 15) is 5.11 Å². The molecule has 1 N–H and O–H groups in total. The quantitative estimate of drug-likeness (QED) is 0.752. The van der Waals surface area contributed by atoms with Gasteiger partial charge in [-0.2, -0.15) is 0 Å². The Kier molecular flexibility index (Phi) is 4.72. The van der Waals surface area contributed by atoms with E-state index in [0.717, 1.165) is 18.4 Å². The summed E-state index contributed by atoms with van der Waals surface area (Å²) < 4.78 is 0. The van der Waals surface area contributed by atoms with E-state index < -0.39 is 6.10 Å². The van der Waals surface area contributed by atoms with Crippen molar-refractivity contribution >= 4 is 23.2 Å². The van der Waals surface area contributed by atoms with Gasteiger partial charge < -0.3 is 5.11 Å². The smallest absolute Gasteiger partial charge is 0.0818 e. The van der Waals surface area contributed by atoms with Crippen LogP contribution in [0.2, 0.25) is 10.0 Å². The number of halogens is 2. The number of aliphatic hydroxyl groups is 1. The molecule has 0 saturated heterocycles. The molecule has 1 aliphatic carbocycles. The largest absolute Gasteiger partial charge is 0.388 e. The zero-order chi connectivity index (χ0) is 12.3. The van der Waals surface area contributed by atoms with Gasteiger partial charge in [-0.3, -0.25) is 0 Å². The Morgan fingerprint density at radius 1 is 1.00 bits per heavy atom. The van der Waals surface area contributed by atoms with Crippen molar-refractivity contribution in [3.05, 3.63) is 33.8 Å². The second kappa shape index (κ2) is 6.08. The van der Waals surface area contributed by atoms with Crippen LogP contribution >= 0.6 is 23.2 Å². The van der Waals surface area contributed by atoms with E-state index in [2.05, 4.69) is 0 Å². The van der Waals surface area contributed by atoms with E-state index in [0.29, 0.717) is 16.0 Å². The monoisotopic (exact) mass is 272 g/mol. The number of hydrogen-bond acceptors (Lipinski definition) is 1. The van der Waals surface area contributed by atoms with Gasteiger partial charge in [0.1, 0.15) is 0 Å². The Labute approximate surface area is 113 Å². The summed E-state index contributed by atoms with van der Waals surface area (Å²) in [5.41, 5.74) is 0.895. The summed E-state index contributed by atoms with van der Waals surface area (Å²) in [5.74, 6) is 0.370. The molecule has 1 nitrogen and oxygen atoms in total. The summed E-state index contributed by atoms with van der Waals surface area (Å²) in [6, 6.07) is 5.43. The lowest BCUT2D eigenvalue weighted by atomic mass is 9.89. The predicted molar refractivity (Wildman–Crippen MR) is 72.6 cm³/mol. The van der Waals surface area contributed by atoms with E-state index in [1.807, 2.05) is 6.07 Å². The lowest BCUT2D eigenvalue weighted by Gasteiger charge is -2.21. The number of rotatable bonds is 2. The standard InChI is InChI=1S/C14H18Cl2O/c15-12-8-7-11(9-13(12)16)14(17)10-5-3-1-2-4-6-10/h7-10,14,17H,1-6H2. The molecule has 0 amide bonds. The second-order valence-corrected chi connectivity index (χ2v) is 5.68. The normalized spacial score (nSPS) is 19.9. The first-order chi connectivity index (χ1) is 8.18. The van der Waals surface area contributed by atoms with E-state index in [-0.39, 0.29) is 0 Å². The van der Waals surface area contributed by atoms with Crippen molar-refractivity contribution in [2.75, 3.05) is 0 Å². The van der Waals surface area contributed by atoms with E-state index in [1.165, 1.54) is 25.7 Å². The summed E-state index contributed by atoms with van der Waals surface area (Å²) in [4.78, 5) is 0. The van der Waals surface area contributed by atoms with Gasteiger partial charge in [-0.05, 0) is 36.5 Å². The van der Waals surface area contributed by atoms with Crippen LogP contribution in [0.4, 0.5) is 0 Å². The molecule has 1 saturated carbocycles. The molecule has 1 aromatic carbocycles. The van der Waals surface area contributed by atoms with Crippen LogP contribution in [-0.4, -0.2) is 5.11 Å². The minimum atomic E-state index is -0.400. The average Bonchev–Trinajstić information content (AvgIpc) is 2.60. The predicted octanol–water partition coefficient (Wildman–Crippen LogP) is 5.00. The van der Waals surface area contributed by atoms with Crippen LogP contribution in [0.1, 0.15) is 50.2 Å². The summed E-state index contributed by atoms with van der Waals surface area (Å²) in [6.07, 6.45) is 6.87. The second-order valence-electron chi connectivity index (χ2n) is 4.87. The van der Waals surface area contributed by atoms with E-state index in [4.69, 9.17) is 23.2 Å². The van der Waals surface area contributed by atoms with Crippen molar-refractivity contribution < 1.29 is 5.11 Å². The van der Waals surface area contributed by atoms with Crippen molar-refractivity contribution in [1.29, 1.82) is 0 Å². The zero-order valence-electron chi connectivity index (χ0n) is 9.83. The van der Waals surface area contributed by atoms with Crippen molar-refractivity contribution in [2.45, 2.75) is 44.6 Å². The minimum Gasteiger partial charge on any atom is -0.388 e. The molecule has 0 heterocycles. The Hall–Kier alpha value is -0.240. The molecular weight excluding hydrogens is 255 g/mol. The zero-order valence-corrected chi connectivity index (χ0v) is 11.3. The first-order valence-electron chi connectivity index (χ1n) is 6.31. The van der Waals surface area contributed by atoms with Gasteiger partial charge in [-0.1, -0.05) is 55.0 Å². The summed E-state index contributed by atoms with van der Waals surface area (Å²) >= 11 is 11.9. The molecule has 94 valence electrons. The van der Waals surface area contributed by atoms with E-state index in [1.54, 1.807) is 12.1 Å². The summed E-state index contributed by atoms with van der Waals surface area (Å²) in [6.45, 7) is 0. The highest BCUT2D eigenvalue weighted by Gasteiger charge is 2.22. The molecule has 0 spiro atoms. The highest BCUT2D eigenvalue weighted by molar-refractivity contribution is 6.42. The van der Waals surface area contributed by atoms with Gasteiger partial charge in [-0.25, -0.2) is 0 Å². The Morgan fingerprint density at radius 2 is 1.65 bits per heavy atom. The topological polar surface area (TPSA) is 20.2 Å². The van der Waals surface area contributed by atoms with Crippen molar-refractivity contribution in [1.82, 2.24) is 0 Å². The van der Waals surface area contributed by atoms with Gasteiger partial charge in [0.05, 0.1) is 16.1 Å². The number of hydrogen-bond donors (Lipinski definition) is 1. The highest BCUT2D eigenvalue weighted by Crippen LogP contribution is 2.35. The lowest BCUT2D eigenvalue weighted by molar-refractivity contribution is 0.0988. The fourth-order valence-corrected chi connectivity index (χ4v) is 2.90. The first kappa shape index (κ1) is 13.2. The third-order valence-electron chi connectivity index (χ3n) is 3.63. The number of benzene rings is 1. The van der Waals surface area contributed by atoms with Gasteiger partial charge in [0.15, 0.2) is 0 Å². The van der Waals surface area contributed by atoms with Crippen LogP contribution in [0.15, 0.2) is 18.2 Å². The molecule has 0 radical (unpaired) electrons. The average molecular weight is 273 g/mol. The summed E-state index contributed by atoms with van der Waals surface area (Å²) in [7, 11) is 0. The lowest BCUT2D eigenvalue weighted by Crippen LogP contribution is -2.11. The molecule has 1 aromatic rings. The van der Waals surface area contributed by atoms with Gasteiger partial charge in [0.2, 0.25) is 0 Å². The maximum atomic E-state index is 10.4.